The second-order valence-corrected chi connectivity index (χ2v) is 2.84. The standard InChI is InChI=1S/C7H10N2O4/c8-4-3-9(11)7(10)6-5(4)12-1-2-13-6/h7-8,10-11H,1-3H2. The van der Waals surface area contributed by atoms with Crippen LogP contribution in [0.4, 0.5) is 0 Å². The Hall–Kier alpha value is -1.11. The van der Waals surface area contributed by atoms with Gasteiger partial charge in [-0.1, -0.05) is 0 Å². The molecule has 0 spiro atoms. The summed E-state index contributed by atoms with van der Waals surface area (Å²) in [5.41, 5.74) is 0.113. The molecule has 0 aliphatic carbocycles. The fourth-order valence-corrected chi connectivity index (χ4v) is 1.32. The normalized spacial score (nSPS) is 29.4. The van der Waals surface area contributed by atoms with Crippen LogP contribution in [0.3, 0.4) is 0 Å². The third-order valence-corrected chi connectivity index (χ3v) is 1.92. The number of rotatable bonds is 0. The van der Waals surface area contributed by atoms with Gasteiger partial charge < -0.3 is 19.8 Å². The van der Waals surface area contributed by atoms with E-state index in [9.17, 15) is 5.11 Å². The molecule has 2 aliphatic heterocycles. The van der Waals surface area contributed by atoms with Gasteiger partial charge in [-0.05, 0) is 0 Å². The van der Waals surface area contributed by atoms with E-state index in [1.165, 1.54) is 0 Å². The van der Waals surface area contributed by atoms with Gasteiger partial charge in [0.05, 0.1) is 12.3 Å². The lowest BCUT2D eigenvalue weighted by Crippen LogP contribution is -2.46. The first-order valence-electron chi connectivity index (χ1n) is 3.91. The number of hydroxylamine groups is 2. The Morgan fingerprint density at radius 2 is 2.08 bits per heavy atom. The average molecular weight is 186 g/mol. The molecule has 6 heteroatoms. The molecule has 0 amide bonds. The summed E-state index contributed by atoms with van der Waals surface area (Å²) in [5.74, 6) is 0.383. The molecule has 3 N–H and O–H groups in total. The van der Waals surface area contributed by atoms with Crippen LogP contribution in [0.5, 0.6) is 0 Å². The Labute approximate surface area is 74.4 Å². The van der Waals surface area contributed by atoms with E-state index >= 15 is 0 Å². The zero-order valence-corrected chi connectivity index (χ0v) is 6.86. The molecule has 0 aromatic heterocycles. The molecule has 1 atom stereocenters. The van der Waals surface area contributed by atoms with E-state index in [4.69, 9.17) is 20.1 Å². The zero-order valence-electron chi connectivity index (χ0n) is 6.86. The Bertz CT molecular complexity index is 276. The van der Waals surface area contributed by atoms with Crippen LogP contribution in [0.15, 0.2) is 11.5 Å². The van der Waals surface area contributed by atoms with E-state index in [0.717, 1.165) is 0 Å². The summed E-state index contributed by atoms with van der Waals surface area (Å²) in [5, 5.41) is 26.7. The molecule has 2 heterocycles. The van der Waals surface area contributed by atoms with E-state index in [2.05, 4.69) is 0 Å². The Balaban J connectivity index is 2.35. The highest BCUT2D eigenvalue weighted by atomic mass is 16.6. The van der Waals surface area contributed by atoms with Crippen LogP contribution in [-0.4, -0.2) is 47.1 Å². The first-order valence-corrected chi connectivity index (χ1v) is 3.91. The quantitative estimate of drug-likeness (QED) is 0.465. The van der Waals surface area contributed by atoms with Gasteiger partial charge in [-0.25, -0.2) is 0 Å². The monoisotopic (exact) mass is 186 g/mol. The minimum absolute atomic E-state index is 0.0522. The topological polar surface area (TPSA) is 86.0 Å². The molecule has 13 heavy (non-hydrogen) atoms. The number of aliphatic hydroxyl groups excluding tert-OH is 1. The van der Waals surface area contributed by atoms with Crippen LogP contribution in [-0.2, 0) is 9.47 Å². The molecule has 0 radical (unpaired) electrons. The molecular weight excluding hydrogens is 176 g/mol. The third kappa shape index (κ3) is 1.28. The second kappa shape index (κ2) is 2.99. The molecular formula is C7H10N2O4. The SMILES string of the molecule is N=C1CN(O)C(O)C2=C1OCCO2. The van der Waals surface area contributed by atoms with Gasteiger partial charge in [-0.15, -0.1) is 0 Å². The van der Waals surface area contributed by atoms with Crippen molar-refractivity contribution in [1.82, 2.24) is 5.06 Å². The van der Waals surface area contributed by atoms with E-state index in [0.29, 0.717) is 18.3 Å². The highest BCUT2D eigenvalue weighted by molar-refractivity contribution is 5.98. The molecule has 0 aromatic carbocycles. The van der Waals surface area contributed by atoms with Crippen LogP contribution >= 0.6 is 0 Å². The highest BCUT2D eigenvalue weighted by Gasteiger charge is 2.35. The van der Waals surface area contributed by atoms with Gasteiger partial charge in [0.2, 0.25) is 0 Å². The van der Waals surface area contributed by atoms with Crippen molar-refractivity contribution in [3.8, 4) is 0 Å². The van der Waals surface area contributed by atoms with Gasteiger partial charge in [0.1, 0.15) is 13.2 Å². The molecule has 72 valence electrons. The molecule has 0 aromatic rings. The molecule has 0 saturated carbocycles. The van der Waals surface area contributed by atoms with E-state index in [-0.39, 0.29) is 23.8 Å². The van der Waals surface area contributed by atoms with E-state index in [1.54, 1.807) is 0 Å². The van der Waals surface area contributed by atoms with Crippen molar-refractivity contribution < 1.29 is 19.8 Å². The maximum atomic E-state index is 9.41. The van der Waals surface area contributed by atoms with Crippen LogP contribution in [0.1, 0.15) is 0 Å². The van der Waals surface area contributed by atoms with Gasteiger partial charge >= 0.3 is 0 Å². The summed E-state index contributed by atoms with van der Waals surface area (Å²) in [7, 11) is 0. The van der Waals surface area contributed by atoms with Gasteiger partial charge in [-0.2, -0.15) is 5.06 Å². The molecule has 6 nitrogen and oxygen atoms in total. The lowest BCUT2D eigenvalue weighted by Gasteiger charge is -2.33. The molecule has 0 saturated heterocycles. The summed E-state index contributed by atoms with van der Waals surface area (Å²) in [4.78, 5) is 0. The summed E-state index contributed by atoms with van der Waals surface area (Å²) in [6.07, 6.45) is -1.22. The lowest BCUT2D eigenvalue weighted by atomic mass is 10.1. The number of nitrogens with zero attached hydrogens (tertiary/aromatic N) is 1. The summed E-state index contributed by atoms with van der Waals surface area (Å²) in [6.45, 7) is 0.653. The van der Waals surface area contributed by atoms with Crippen LogP contribution in [0, 0.1) is 5.41 Å². The van der Waals surface area contributed by atoms with Crippen molar-refractivity contribution in [2.24, 2.45) is 0 Å². The van der Waals surface area contributed by atoms with Gasteiger partial charge in [0.25, 0.3) is 0 Å². The largest absolute Gasteiger partial charge is 0.486 e. The van der Waals surface area contributed by atoms with Crippen molar-refractivity contribution in [3.05, 3.63) is 11.5 Å². The van der Waals surface area contributed by atoms with Crippen LogP contribution in [0.25, 0.3) is 0 Å². The highest BCUT2D eigenvalue weighted by Crippen LogP contribution is 2.23. The van der Waals surface area contributed by atoms with Crippen LogP contribution in [0.2, 0.25) is 0 Å². The van der Waals surface area contributed by atoms with Gasteiger partial charge in [0, 0.05) is 0 Å². The Kier molecular flexibility index (Phi) is 1.95. The Morgan fingerprint density at radius 1 is 1.38 bits per heavy atom. The van der Waals surface area contributed by atoms with Crippen molar-refractivity contribution in [2.45, 2.75) is 6.23 Å². The molecule has 1 unspecified atom stereocenters. The molecule has 2 aliphatic rings. The predicted octanol–water partition coefficient (Wildman–Crippen LogP) is -0.712. The lowest BCUT2D eigenvalue weighted by molar-refractivity contribution is -0.194. The molecule has 0 fully saturated rings. The minimum atomic E-state index is -1.22. The number of ether oxygens (including phenoxy) is 2. The smallest absolute Gasteiger partial charge is 0.191 e. The maximum absolute atomic E-state index is 9.41. The predicted molar refractivity (Wildman–Crippen MR) is 41.2 cm³/mol. The van der Waals surface area contributed by atoms with Gasteiger partial charge in [-0.3, -0.25) is 5.41 Å². The fraction of sp³-hybridized carbons (Fsp3) is 0.571. The Morgan fingerprint density at radius 3 is 2.85 bits per heavy atom. The average Bonchev–Trinajstić information content (AvgIpc) is 2.15. The van der Waals surface area contributed by atoms with Crippen LogP contribution < -0.4 is 0 Å². The maximum Gasteiger partial charge on any atom is 0.191 e. The number of aliphatic hydroxyl groups is 1. The first kappa shape index (κ1) is 8.49. The van der Waals surface area contributed by atoms with Crippen molar-refractivity contribution in [2.75, 3.05) is 19.8 Å². The van der Waals surface area contributed by atoms with E-state index in [1.807, 2.05) is 0 Å². The fourth-order valence-electron chi connectivity index (χ4n) is 1.32. The first-order chi connectivity index (χ1) is 6.20. The van der Waals surface area contributed by atoms with Crippen molar-refractivity contribution in [3.63, 3.8) is 0 Å². The summed E-state index contributed by atoms with van der Waals surface area (Å²) >= 11 is 0. The van der Waals surface area contributed by atoms with E-state index < -0.39 is 6.23 Å². The second-order valence-electron chi connectivity index (χ2n) is 2.84. The molecule has 2 rings (SSSR count). The van der Waals surface area contributed by atoms with Crippen molar-refractivity contribution in [1.29, 1.82) is 5.41 Å². The third-order valence-electron chi connectivity index (χ3n) is 1.92. The summed E-state index contributed by atoms with van der Waals surface area (Å²) < 4.78 is 10.2. The summed E-state index contributed by atoms with van der Waals surface area (Å²) in [6, 6.07) is 0. The number of nitrogens with one attached hydrogen (secondary N) is 1. The zero-order chi connectivity index (χ0) is 9.42. The van der Waals surface area contributed by atoms with Gasteiger partial charge in [0.15, 0.2) is 17.7 Å². The van der Waals surface area contributed by atoms with Crippen molar-refractivity contribution >= 4 is 5.71 Å². The molecule has 0 bridgehead atoms. The minimum Gasteiger partial charge on any atom is -0.486 e. The number of hydrogen-bond acceptors (Lipinski definition) is 6. The number of hydrogen-bond donors (Lipinski definition) is 3.